The Morgan fingerprint density at radius 3 is 2.68 bits per heavy atom. The van der Waals surface area contributed by atoms with Crippen LogP contribution in [0, 0.1) is 0 Å². The average Bonchev–Trinajstić information content (AvgIpc) is 3.43. The lowest BCUT2D eigenvalue weighted by molar-refractivity contribution is -0.128. The van der Waals surface area contributed by atoms with Crippen molar-refractivity contribution in [2.75, 3.05) is 13.1 Å². The molecule has 0 bridgehead atoms. The van der Waals surface area contributed by atoms with Crippen LogP contribution in [-0.2, 0) is 4.79 Å². The SMILES string of the molecule is O=C(C1=CC=C(c2cn[nH]c2)CC1)N1CCC(c2nc3ccccc3[nH]2)CC1. The summed E-state index contributed by atoms with van der Waals surface area (Å²) in [7, 11) is 0. The van der Waals surface area contributed by atoms with Gasteiger partial charge in [-0.25, -0.2) is 4.98 Å². The van der Waals surface area contributed by atoms with Gasteiger partial charge in [0.25, 0.3) is 0 Å². The fourth-order valence-electron chi connectivity index (χ4n) is 4.21. The van der Waals surface area contributed by atoms with Gasteiger partial charge >= 0.3 is 0 Å². The van der Waals surface area contributed by atoms with Gasteiger partial charge in [-0.3, -0.25) is 9.89 Å². The Labute approximate surface area is 163 Å². The van der Waals surface area contributed by atoms with Gasteiger partial charge in [-0.2, -0.15) is 5.10 Å². The molecule has 28 heavy (non-hydrogen) atoms. The van der Waals surface area contributed by atoms with Crippen molar-refractivity contribution >= 4 is 22.5 Å². The van der Waals surface area contributed by atoms with Crippen LogP contribution < -0.4 is 0 Å². The molecule has 2 N–H and O–H groups in total. The quantitative estimate of drug-likeness (QED) is 0.733. The van der Waals surface area contributed by atoms with Gasteiger partial charge in [-0.1, -0.05) is 24.3 Å². The van der Waals surface area contributed by atoms with E-state index in [0.717, 1.165) is 66.8 Å². The number of carbonyl (C=O) groups is 1. The second-order valence-corrected chi connectivity index (χ2v) is 7.58. The van der Waals surface area contributed by atoms with E-state index < -0.39 is 0 Å². The Kier molecular flexibility index (Phi) is 4.31. The van der Waals surface area contributed by atoms with E-state index in [1.165, 1.54) is 5.57 Å². The molecule has 1 aromatic carbocycles. The van der Waals surface area contributed by atoms with Crippen LogP contribution in [0.2, 0.25) is 0 Å². The first-order chi connectivity index (χ1) is 13.8. The van der Waals surface area contributed by atoms with Crippen molar-refractivity contribution < 1.29 is 4.79 Å². The highest BCUT2D eigenvalue weighted by Crippen LogP contribution is 2.31. The van der Waals surface area contributed by atoms with Crippen molar-refractivity contribution in [1.29, 1.82) is 0 Å². The molecular weight excluding hydrogens is 350 g/mol. The highest BCUT2D eigenvalue weighted by Gasteiger charge is 2.27. The zero-order valence-electron chi connectivity index (χ0n) is 15.7. The molecule has 0 radical (unpaired) electrons. The summed E-state index contributed by atoms with van der Waals surface area (Å²) in [6.07, 6.45) is 11.3. The van der Waals surface area contributed by atoms with E-state index in [1.54, 1.807) is 0 Å². The molecule has 3 aromatic rings. The maximum Gasteiger partial charge on any atom is 0.249 e. The fourth-order valence-corrected chi connectivity index (χ4v) is 4.21. The number of imidazole rings is 1. The summed E-state index contributed by atoms with van der Waals surface area (Å²) < 4.78 is 0. The molecule has 2 aliphatic rings. The average molecular weight is 373 g/mol. The van der Waals surface area contributed by atoms with Crippen LogP contribution in [-0.4, -0.2) is 44.1 Å². The zero-order chi connectivity index (χ0) is 18.9. The van der Waals surface area contributed by atoms with E-state index in [0.29, 0.717) is 5.92 Å². The van der Waals surface area contributed by atoms with Gasteiger partial charge in [0.1, 0.15) is 5.82 Å². The van der Waals surface area contributed by atoms with Crippen molar-refractivity contribution in [3.05, 3.63) is 65.8 Å². The highest BCUT2D eigenvalue weighted by molar-refractivity contribution is 5.95. The number of nitrogens with zero attached hydrogens (tertiary/aromatic N) is 3. The van der Waals surface area contributed by atoms with Gasteiger partial charge < -0.3 is 9.88 Å². The third-order valence-electron chi connectivity index (χ3n) is 5.87. The molecule has 0 saturated carbocycles. The minimum Gasteiger partial charge on any atom is -0.342 e. The minimum atomic E-state index is 0.186. The van der Waals surface area contributed by atoms with E-state index >= 15 is 0 Å². The van der Waals surface area contributed by atoms with Crippen LogP contribution >= 0.6 is 0 Å². The van der Waals surface area contributed by atoms with Gasteiger partial charge in [0.2, 0.25) is 5.91 Å². The van der Waals surface area contributed by atoms with Crippen LogP contribution in [0.1, 0.15) is 43.0 Å². The third kappa shape index (κ3) is 3.15. The second-order valence-electron chi connectivity index (χ2n) is 7.58. The Balaban J connectivity index is 1.23. The largest absolute Gasteiger partial charge is 0.342 e. The Morgan fingerprint density at radius 1 is 1.11 bits per heavy atom. The van der Waals surface area contributed by atoms with Crippen molar-refractivity contribution in [2.45, 2.75) is 31.6 Å². The Morgan fingerprint density at radius 2 is 1.96 bits per heavy atom. The predicted molar refractivity (Wildman–Crippen MR) is 109 cm³/mol. The van der Waals surface area contributed by atoms with Gasteiger partial charge in [-0.05, 0) is 43.4 Å². The normalized spacial score (nSPS) is 18.2. The lowest BCUT2D eigenvalue weighted by Gasteiger charge is -2.32. The molecule has 1 saturated heterocycles. The van der Waals surface area contributed by atoms with Crippen LogP contribution in [0.4, 0.5) is 0 Å². The van der Waals surface area contributed by atoms with E-state index in [1.807, 2.05) is 41.6 Å². The topological polar surface area (TPSA) is 77.7 Å². The molecular formula is C22H23N5O. The number of nitrogens with one attached hydrogen (secondary N) is 2. The number of amides is 1. The third-order valence-corrected chi connectivity index (χ3v) is 5.87. The smallest absolute Gasteiger partial charge is 0.249 e. The molecule has 142 valence electrons. The van der Waals surface area contributed by atoms with Gasteiger partial charge in [0.15, 0.2) is 0 Å². The van der Waals surface area contributed by atoms with Crippen molar-refractivity contribution in [2.24, 2.45) is 0 Å². The number of rotatable bonds is 3. The summed E-state index contributed by atoms with van der Waals surface area (Å²) in [6.45, 7) is 1.58. The Hall–Kier alpha value is -3.15. The van der Waals surface area contributed by atoms with Crippen LogP contribution in [0.5, 0.6) is 0 Å². The van der Waals surface area contributed by atoms with Crippen molar-refractivity contribution in [1.82, 2.24) is 25.1 Å². The standard InChI is InChI=1S/C22H23N5O/c28-22(17-7-5-15(6-8-17)18-13-23-24-14-18)27-11-9-16(10-12-27)21-25-19-3-1-2-4-20(19)26-21/h1-5,7,13-14,16H,6,8-12H2,(H,23,24)(H,25,26). The molecule has 2 aromatic heterocycles. The summed E-state index contributed by atoms with van der Waals surface area (Å²) in [5, 5.41) is 6.85. The lowest BCUT2D eigenvalue weighted by Crippen LogP contribution is -2.39. The van der Waals surface area contributed by atoms with Gasteiger partial charge in [-0.15, -0.1) is 0 Å². The maximum atomic E-state index is 12.9. The first-order valence-electron chi connectivity index (χ1n) is 9.91. The molecule has 1 aliphatic carbocycles. The van der Waals surface area contributed by atoms with E-state index in [2.05, 4.69) is 27.3 Å². The molecule has 3 heterocycles. The summed E-state index contributed by atoms with van der Waals surface area (Å²) in [4.78, 5) is 23.1. The number of aromatic amines is 2. The molecule has 1 fully saturated rings. The van der Waals surface area contributed by atoms with Crippen LogP contribution in [0.3, 0.4) is 0 Å². The number of H-pyrrole nitrogens is 2. The number of likely N-dealkylation sites (tertiary alicyclic amines) is 1. The molecule has 1 aliphatic heterocycles. The molecule has 1 amide bonds. The summed E-state index contributed by atoms with van der Waals surface area (Å²) in [5.41, 5.74) is 5.35. The number of fused-ring (bicyclic) bond motifs is 1. The lowest BCUT2D eigenvalue weighted by atomic mass is 9.92. The molecule has 0 atom stereocenters. The number of carbonyl (C=O) groups excluding carboxylic acids is 1. The van der Waals surface area contributed by atoms with E-state index in [9.17, 15) is 4.79 Å². The highest BCUT2D eigenvalue weighted by atomic mass is 16.2. The van der Waals surface area contributed by atoms with Crippen molar-refractivity contribution in [3.63, 3.8) is 0 Å². The molecule has 6 nitrogen and oxygen atoms in total. The first-order valence-corrected chi connectivity index (χ1v) is 9.91. The number of piperidine rings is 1. The van der Waals surface area contributed by atoms with Gasteiger partial charge in [0.05, 0.1) is 17.2 Å². The number of hydrogen-bond donors (Lipinski definition) is 2. The van der Waals surface area contributed by atoms with E-state index in [4.69, 9.17) is 4.98 Å². The monoisotopic (exact) mass is 373 g/mol. The Bertz CT molecular complexity index is 1020. The molecule has 0 unspecified atom stereocenters. The zero-order valence-corrected chi connectivity index (χ0v) is 15.7. The molecule has 0 spiro atoms. The second kappa shape index (κ2) is 7.11. The number of para-hydroxylation sites is 2. The van der Waals surface area contributed by atoms with Gasteiger partial charge in [0, 0.05) is 36.3 Å². The van der Waals surface area contributed by atoms with Crippen LogP contribution in [0.25, 0.3) is 16.6 Å². The fraction of sp³-hybridized carbons (Fsp3) is 0.318. The molecule has 6 heteroatoms. The number of hydrogen-bond acceptors (Lipinski definition) is 3. The number of aromatic nitrogens is 4. The molecule has 5 rings (SSSR count). The maximum absolute atomic E-state index is 12.9. The summed E-state index contributed by atoms with van der Waals surface area (Å²) in [6, 6.07) is 8.13. The first kappa shape index (κ1) is 17.0. The number of allylic oxidation sites excluding steroid dienone is 3. The number of benzene rings is 1. The summed E-state index contributed by atoms with van der Waals surface area (Å²) in [5.74, 6) is 1.63. The predicted octanol–water partition coefficient (Wildman–Crippen LogP) is 3.80. The van der Waals surface area contributed by atoms with Crippen LogP contribution in [0.15, 0.2) is 54.4 Å². The summed E-state index contributed by atoms with van der Waals surface area (Å²) >= 11 is 0. The minimum absolute atomic E-state index is 0.186. The van der Waals surface area contributed by atoms with E-state index in [-0.39, 0.29) is 5.91 Å². The van der Waals surface area contributed by atoms with Crippen molar-refractivity contribution in [3.8, 4) is 0 Å².